The smallest absolute Gasteiger partial charge is 0.233 e. The highest BCUT2D eigenvalue weighted by atomic mass is 32.2. The fourth-order valence-electron chi connectivity index (χ4n) is 3.98. The van der Waals surface area contributed by atoms with Crippen LogP contribution in [0.25, 0.3) is 11.6 Å². The molecule has 2 atom stereocenters. The third kappa shape index (κ3) is 4.72. The maximum atomic E-state index is 12.8. The largest absolute Gasteiger partial charge is 0.461 e. The fraction of sp³-hybridized carbons (Fsp3) is 0.409. The first-order valence-corrected chi connectivity index (χ1v) is 11.0. The van der Waals surface area contributed by atoms with Crippen LogP contribution in [0.2, 0.25) is 0 Å². The molecule has 1 aliphatic rings. The van der Waals surface area contributed by atoms with Gasteiger partial charge in [0.05, 0.1) is 18.6 Å². The van der Waals surface area contributed by atoms with Crippen molar-refractivity contribution >= 4 is 17.7 Å². The van der Waals surface area contributed by atoms with Crippen molar-refractivity contribution in [3.8, 4) is 11.6 Å². The summed E-state index contributed by atoms with van der Waals surface area (Å²) in [5.74, 6) is 2.99. The van der Waals surface area contributed by atoms with Gasteiger partial charge in [0.2, 0.25) is 11.7 Å². The summed E-state index contributed by atoms with van der Waals surface area (Å²) >= 11 is 1.45. The molecule has 0 spiro atoms. The van der Waals surface area contributed by atoms with Crippen molar-refractivity contribution in [2.24, 2.45) is 11.8 Å². The Morgan fingerprint density at radius 2 is 1.86 bits per heavy atom. The van der Waals surface area contributed by atoms with E-state index in [0.29, 0.717) is 35.7 Å². The third-order valence-electron chi connectivity index (χ3n) is 5.19. The SMILES string of the molecule is CC1CC(C)CN(C(=O)CSc2nnc(-c3ccco3)n2Cc2ccccc2)C1. The van der Waals surface area contributed by atoms with Gasteiger partial charge in [0, 0.05) is 13.1 Å². The molecule has 152 valence electrons. The van der Waals surface area contributed by atoms with E-state index >= 15 is 0 Å². The number of thioether (sulfide) groups is 1. The van der Waals surface area contributed by atoms with Crippen molar-refractivity contribution in [1.29, 1.82) is 0 Å². The molecule has 1 aromatic carbocycles. The molecule has 2 aromatic heterocycles. The fourth-order valence-corrected chi connectivity index (χ4v) is 4.82. The molecule has 0 bridgehead atoms. The van der Waals surface area contributed by atoms with Crippen molar-refractivity contribution in [2.45, 2.75) is 32.0 Å². The molecule has 3 aromatic rings. The zero-order valence-corrected chi connectivity index (χ0v) is 17.6. The summed E-state index contributed by atoms with van der Waals surface area (Å²) in [6.45, 7) is 6.75. The number of carbonyl (C=O) groups is 1. The van der Waals surface area contributed by atoms with E-state index in [0.717, 1.165) is 23.8 Å². The Hall–Kier alpha value is -2.54. The summed E-state index contributed by atoms with van der Waals surface area (Å²) in [6.07, 6.45) is 2.82. The van der Waals surface area contributed by atoms with Crippen LogP contribution in [0.15, 0.2) is 58.3 Å². The number of amides is 1. The number of carbonyl (C=O) groups excluding carboxylic acids is 1. The molecular weight excluding hydrogens is 384 g/mol. The standard InChI is InChI=1S/C22H26N4O2S/c1-16-11-17(2)13-25(12-16)20(27)15-29-22-24-23-21(19-9-6-10-28-19)26(22)14-18-7-4-3-5-8-18/h3-10,16-17H,11-15H2,1-2H3. The molecule has 1 fully saturated rings. The van der Waals surface area contributed by atoms with E-state index in [9.17, 15) is 4.79 Å². The van der Waals surface area contributed by atoms with Gasteiger partial charge in [-0.3, -0.25) is 9.36 Å². The number of benzene rings is 1. The molecule has 2 unspecified atom stereocenters. The normalized spacial score (nSPS) is 19.4. The first kappa shape index (κ1) is 19.8. The molecule has 0 saturated carbocycles. The van der Waals surface area contributed by atoms with Crippen LogP contribution in [-0.2, 0) is 11.3 Å². The van der Waals surface area contributed by atoms with Gasteiger partial charge in [-0.25, -0.2) is 0 Å². The van der Waals surface area contributed by atoms with Gasteiger partial charge in [0.1, 0.15) is 0 Å². The number of likely N-dealkylation sites (tertiary alicyclic amines) is 1. The highest BCUT2D eigenvalue weighted by molar-refractivity contribution is 7.99. The number of hydrogen-bond acceptors (Lipinski definition) is 5. The quantitative estimate of drug-likeness (QED) is 0.570. The van der Waals surface area contributed by atoms with Gasteiger partial charge in [-0.15, -0.1) is 10.2 Å². The monoisotopic (exact) mass is 410 g/mol. The lowest BCUT2D eigenvalue weighted by molar-refractivity contribution is -0.130. The predicted molar refractivity (Wildman–Crippen MR) is 114 cm³/mol. The van der Waals surface area contributed by atoms with E-state index in [2.05, 4.69) is 36.2 Å². The van der Waals surface area contributed by atoms with Crippen molar-refractivity contribution in [1.82, 2.24) is 19.7 Å². The number of furan rings is 1. The van der Waals surface area contributed by atoms with Crippen LogP contribution in [0, 0.1) is 11.8 Å². The Labute approximate surface area is 175 Å². The Morgan fingerprint density at radius 3 is 2.55 bits per heavy atom. The van der Waals surface area contributed by atoms with E-state index in [1.807, 2.05) is 39.8 Å². The van der Waals surface area contributed by atoms with Crippen LogP contribution in [0.3, 0.4) is 0 Å². The van der Waals surface area contributed by atoms with Gasteiger partial charge >= 0.3 is 0 Å². The average molecular weight is 411 g/mol. The summed E-state index contributed by atoms with van der Waals surface area (Å²) < 4.78 is 7.57. The van der Waals surface area contributed by atoms with E-state index in [1.165, 1.54) is 18.2 Å². The summed E-state index contributed by atoms with van der Waals surface area (Å²) in [6, 6.07) is 13.9. The van der Waals surface area contributed by atoms with E-state index in [-0.39, 0.29) is 5.91 Å². The summed E-state index contributed by atoms with van der Waals surface area (Å²) in [4.78, 5) is 14.8. The second-order valence-electron chi connectivity index (χ2n) is 7.89. The molecule has 1 saturated heterocycles. The zero-order valence-electron chi connectivity index (χ0n) is 16.8. The van der Waals surface area contributed by atoms with Crippen molar-refractivity contribution < 1.29 is 9.21 Å². The Bertz CT molecular complexity index is 929. The van der Waals surface area contributed by atoms with Crippen LogP contribution in [0.4, 0.5) is 0 Å². The van der Waals surface area contributed by atoms with Gasteiger partial charge in [-0.2, -0.15) is 0 Å². The highest BCUT2D eigenvalue weighted by Gasteiger charge is 2.26. The van der Waals surface area contributed by atoms with Gasteiger partial charge in [0.15, 0.2) is 10.9 Å². The Morgan fingerprint density at radius 1 is 1.10 bits per heavy atom. The predicted octanol–water partition coefficient (Wildman–Crippen LogP) is 4.18. The molecule has 3 heterocycles. The second kappa shape index (κ2) is 8.86. The first-order valence-electron chi connectivity index (χ1n) is 10.0. The van der Waals surface area contributed by atoms with Crippen LogP contribution < -0.4 is 0 Å². The minimum atomic E-state index is 0.169. The highest BCUT2D eigenvalue weighted by Crippen LogP contribution is 2.27. The maximum absolute atomic E-state index is 12.8. The minimum absolute atomic E-state index is 0.169. The number of nitrogens with zero attached hydrogens (tertiary/aromatic N) is 4. The van der Waals surface area contributed by atoms with E-state index in [1.54, 1.807) is 6.26 Å². The lowest BCUT2D eigenvalue weighted by atomic mass is 9.92. The Balaban J connectivity index is 1.51. The van der Waals surface area contributed by atoms with Crippen molar-refractivity contribution in [3.63, 3.8) is 0 Å². The number of aromatic nitrogens is 3. The van der Waals surface area contributed by atoms with Crippen molar-refractivity contribution in [3.05, 3.63) is 54.3 Å². The molecular formula is C22H26N4O2S. The van der Waals surface area contributed by atoms with Gasteiger partial charge in [-0.1, -0.05) is 55.9 Å². The zero-order chi connectivity index (χ0) is 20.2. The van der Waals surface area contributed by atoms with Gasteiger partial charge in [-0.05, 0) is 36.0 Å². The van der Waals surface area contributed by atoms with E-state index in [4.69, 9.17) is 4.42 Å². The maximum Gasteiger partial charge on any atom is 0.233 e. The lowest BCUT2D eigenvalue weighted by Crippen LogP contribution is -2.43. The number of piperidine rings is 1. The topological polar surface area (TPSA) is 64.2 Å². The first-order chi connectivity index (χ1) is 14.1. The Kier molecular flexibility index (Phi) is 6.04. The number of rotatable bonds is 6. The summed E-state index contributed by atoms with van der Waals surface area (Å²) in [5.41, 5.74) is 1.15. The molecule has 1 amide bonds. The molecule has 1 aliphatic heterocycles. The average Bonchev–Trinajstić information content (AvgIpc) is 3.36. The molecule has 0 radical (unpaired) electrons. The van der Waals surface area contributed by atoms with Gasteiger partial charge < -0.3 is 9.32 Å². The third-order valence-corrected chi connectivity index (χ3v) is 6.14. The van der Waals surface area contributed by atoms with Crippen LogP contribution in [0.1, 0.15) is 25.8 Å². The molecule has 7 heteroatoms. The summed E-state index contributed by atoms with van der Waals surface area (Å²) in [7, 11) is 0. The lowest BCUT2D eigenvalue weighted by Gasteiger charge is -2.34. The van der Waals surface area contributed by atoms with Crippen LogP contribution in [-0.4, -0.2) is 44.4 Å². The molecule has 29 heavy (non-hydrogen) atoms. The molecule has 6 nitrogen and oxygen atoms in total. The van der Waals surface area contributed by atoms with Crippen LogP contribution in [0.5, 0.6) is 0 Å². The van der Waals surface area contributed by atoms with Crippen LogP contribution >= 0.6 is 11.8 Å². The second-order valence-corrected chi connectivity index (χ2v) is 8.83. The van der Waals surface area contributed by atoms with E-state index < -0.39 is 0 Å². The molecule has 4 rings (SSSR count). The minimum Gasteiger partial charge on any atom is -0.461 e. The number of hydrogen-bond donors (Lipinski definition) is 0. The summed E-state index contributed by atoms with van der Waals surface area (Å²) in [5, 5.41) is 9.43. The molecule has 0 N–H and O–H groups in total. The van der Waals surface area contributed by atoms with Crippen molar-refractivity contribution in [2.75, 3.05) is 18.8 Å². The van der Waals surface area contributed by atoms with Gasteiger partial charge in [0.25, 0.3) is 0 Å². The molecule has 0 aliphatic carbocycles.